The third kappa shape index (κ3) is 4.01. The highest BCUT2D eigenvalue weighted by Crippen LogP contribution is 2.28. The minimum Gasteiger partial charge on any atom is -0.326 e. The summed E-state index contributed by atoms with van der Waals surface area (Å²) in [5.41, 5.74) is 4.04. The van der Waals surface area contributed by atoms with Crippen LogP contribution in [0.15, 0.2) is 72.1 Å². The van der Waals surface area contributed by atoms with Crippen LogP contribution in [0.25, 0.3) is 16.3 Å². The van der Waals surface area contributed by atoms with Crippen molar-refractivity contribution in [2.45, 2.75) is 13.8 Å². The normalized spacial score (nSPS) is 10.6. The monoisotopic (exact) mass is 416 g/mol. The van der Waals surface area contributed by atoms with Crippen molar-refractivity contribution in [1.82, 2.24) is 9.78 Å². The predicted molar refractivity (Wildman–Crippen MR) is 120 cm³/mol. The van der Waals surface area contributed by atoms with Gasteiger partial charge in [-0.3, -0.25) is 9.59 Å². The van der Waals surface area contributed by atoms with Gasteiger partial charge in [-0.25, -0.2) is 4.68 Å². The highest BCUT2D eigenvalue weighted by atomic mass is 32.1. The second-order valence-electron chi connectivity index (χ2n) is 6.75. The zero-order valence-electron chi connectivity index (χ0n) is 16.5. The van der Waals surface area contributed by atoms with E-state index < -0.39 is 0 Å². The Kier molecular flexibility index (Phi) is 5.45. The quantitative estimate of drug-likeness (QED) is 0.474. The number of hydrogen-bond donors (Lipinski definition) is 2. The fourth-order valence-electron chi connectivity index (χ4n) is 3.14. The molecule has 150 valence electrons. The Morgan fingerprint density at radius 1 is 0.933 bits per heavy atom. The van der Waals surface area contributed by atoms with E-state index in [9.17, 15) is 9.59 Å². The van der Waals surface area contributed by atoms with Crippen LogP contribution in [0.4, 0.5) is 11.4 Å². The van der Waals surface area contributed by atoms with Gasteiger partial charge in [-0.15, -0.1) is 11.3 Å². The highest BCUT2D eigenvalue weighted by molar-refractivity contribution is 7.13. The molecule has 2 aromatic carbocycles. The first-order chi connectivity index (χ1) is 14.5. The van der Waals surface area contributed by atoms with Crippen LogP contribution in [0.2, 0.25) is 0 Å². The number of nitrogens with one attached hydrogen (secondary N) is 2. The van der Waals surface area contributed by atoms with Crippen molar-refractivity contribution in [3.8, 4) is 16.3 Å². The number of anilines is 2. The number of nitrogens with zero attached hydrogens (tertiary/aromatic N) is 2. The second kappa shape index (κ2) is 8.34. The minimum absolute atomic E-state index is 0.163. The van der Waals surface area contributed by atoms with E-state index in [-0.39, 0.29) is 11.8 Å². The molecule has 2 aromatic heterocycles. The van der Waals surface area contributed by atoms with E-state index in [1.54, 1.807) is 34.2 Å². The maximum Gasteiger partial charge on any atom is 0.274 e. The molecule has 0 saturated heterocycles. The zero-order valence-corrected chi connectivity index (χ0v) is 17.4. The van der Waals surface area contributed by atoms with Crippen molar-refractivity contribution in [2.24, 2.45) is 0 Å². The predicted octanol–water partition coefficient (Wildman–Crippen LogP) is 5.12. The van der Waals surface area contributed by atoms with Crippen molar-refractivity contribution < 1.29 is 9.59 Å². The molecule has 0 radical (unpaired) electrons. The number of benzene rings is 2. The molecule has 0 atom stereocenters. The van der Waals surface area contributed by atoms with Crippen molar-refractivity contribution in [2.75, 3.05) is 10.6 Å². The minimum atomic E-state index is -0.280. The molecule has 0 fully saturated rings. The lowest BCUT2D eigenvalue weighted by Crippen LogP contribution is -2.18. The Morgan fingerprint density at radius 2 is 1.67 bits per heavy atom. The number of carbonyl (C=O) groups is 2. The molecule has 2 amide bonds. The summed E-state index contributed by atoms with van der Waals surface area (Å²) in [7, 11) is 0. The summed E-state index contributed by atoms with van der Waals surface area (Å²) in [4.78, 5) is 25.6. The molecule has 4 rings (SSSR count). The molecule has 2 N–H and O–H groups in total. The van der Waals surface area contributed by atoms with E-state index in [1.165, 1.54) is 6.92 Å². The van der Waals surface area contributed by atoms with Crippen LogP contribution in [0, 0.1) is 6.92 Å². The standard InChI is InChI=1S/C23H20N4O2S/c1-15-18(24-16(2)28)10-6-11-19(15)25-23(29)21-14-20(22-12-7-13-30-22)26-27(21)17-8-4-3-5-9-17/h3-14H,1-2H3,(H,24,28)(H,25,29). The van der Waals surface area contributed by atoms with E-state index >= 15 is 0 Å². The molecule has 30 heavy (non-hydrogen) atoms. The largest absolute Gasteiger partial charge is 0.326 e. The Morgan fingerprint density at radius 3 is 2.33 bits per heavy atom. The lowest BCUT2D eigenvalue weighted by Gasteiger charge is -2.13. The summed E-state index contributed by atoms with van der Waals surface area (Å²) in [6.45, 7) is 3.31. The second-order valence-corrected chi connectivity index (χ2v) is 7.70. The van der Waals surface area contributed by atoms with Crippen molar-refractivity contribution in [3.05, 3.63) is 83.4 Å². The van der Waals surface area contributed by atoms with Gasteiger partial charge in [0.2, 0.25) is 5.91 Å². The molecule has 0 bridgehead atoms. The average molecular weight is 417 g/mol. The summed E-state index contributed by atoms with van der Waals surface area (Å²) < 4.78 is 1.65. The molecule has 4 aromatic rings. The summed E-state index contributed by atoms with van der Waals surface area (Å²) in [6, 6.07) is 20.7. The number of thiophene rings is 1. The Bertz CT molecular complexity index is 1200. The SMILES string of the molecule is CC(=O)Nc1cccc(NC(=O)c2cc(-c3cccs3)nn2-c2ccccc2)c1C. The number of carbonyl (C=O) groups excluding carboxylic acids is 2. The number of rotatable bonds is 5. The average Bonchev–Trinajstić information content (AvgIpc) is 3.41. The summed E-state index contributed by atoms with van der Waals surface area (Å²) in [5, 5.41) is 12.4. The smallest absolute Gasteiger partial charge is 0.274 e. The highest BCUT2D eigenvalue weighted by Gasteiger charge is 2.19. The first-order valence-corrected chi connectivity index (χ1v) is 10.3. The zero-order chi connectivity index (χ0) is 21.1. The Balaban J connectivity index is 1.71. The summed E-state index contributed by atoms with van der Waals surface area (Å²) >= 11 is 1.57. The number of hydrogen-bond acceptors (Lipinski definition) is 4. The van der Waals surface area contributed by atoms with Gasteiger partial charge in [-0.2, -0.15) is 5.10 Å². The van der Waals surface area contributed by atoms with E-state index in [0.717, 1.165) is 21.8 Å². The fraction of sp³-hybridized carbons (Fsp3) is 0.0870. The van der Waals surface area contributed by atoms with Gasteiger partial charge in [0.25, 0.3) is 5.91 Å². The van der Waals surface area contributed by atoms with Gasteiger partial charge in [0.05, 0.1) is 10.6 Å². The Hall–Kier alpha value is -3.71. The lowest BCUT2D eigenvalue weighted by atomic mass is 10.1. The van der Waals surface area contributed by atoms with Gasteiger partial charge in [0.1, 0.15) is 11.4 Å². The van der Waals surface area contributed by atoms with Crippen LogP contribution in [-0.4, -0.2) is 21.6 Å². The molecule has 6 nitrogen and oxygen atoms in total. The maximum atomic E-state index is 13.2. The molecule has 0 aliphatic heterocycles. The third-order valence-electron chi connectivity index (χ3n) is 4.61. The molecular weight excluding hydrogens is 396 g/mol. The Labute approximate surface area is 178 Å². The van der Waals surface area contributed by atoms with Gasteiger partial charge in [0, 0.05) is 18.3 Å². The van der Waals surface area contributed by atoms with Gasteiger partial charge in [-0.1, -0.05) is 30.3 Å². The van der Waals surface area contributed by atoms with Crippen LogP contribution in [0.1, 0.15) is 23.0 Å². The number of para-hydroxylation sites is 1. The van der Waals surface area contributed by atoms with Crippen LogP contribution in [0.3, 0.4) is 0 Å². The van der Waals surface area contributed by atoms with Crippen molar-refractivity contribution in [1.29, 1.82) is 0 Å². The molecule has 0 spiro atoms. The van der Waals surface area contributed by atoms with Crippen molar-refractivity contribution >= 4 is 34.5 Å². The van der Waals surface area contributed by atoms with Crippen molar-refractivity contribution in [3.63, 3.8) is 0 Å². The molecular formula is C23H20N4O2S. The first kappa shape index (κ1) is 19.6. The molecule has 0 aliphatic carbocycles. The third-order valence-corrected chi connectivity index (χ3v) is 5.50. The molecule has 2 heterocycles. The van der Waals surface area contributed by atoms with Crippen LogP contribution in [-0.2, 0) is 4.79 Å². The molecule has 7 heteroatoms. The number of amides is 2. The molecule has 0 aliphatic rings. The van der Waals surface area contributed by atoms with Gasteiger partial charge in [0.15, 0.2) is 0 Å². The molecule has 0 saturated carbocycles. The summed E-state index contributed by atoms with van der Waals surface area (Å²) in [6.07, 6.45) is 0. The lowest BCUT2D eigenvalue weighted by molar-refractivity contribution is -0.114. The van der Waals surface area contributed by atoms with Gasteiger partial charge >= 0.3 is 0 Å². The van der Waals surface area contributed by atoms with E-state index in [4.69, 9.17) is 0 Å². The fourth-order valence-corrected chi connectivity index (χ4v) is 3.82. The summed E-state index contributed by atoms with van der Waals surface area (Å²) in [5.74, 6) is -0.443. The van der Waals surface area contributed by atoms with Crippen LogP contribution < -0.4 is 10.6 Å². The topological polar surface area (TPSA) is 76.0 Å². The van der Waals surface area contributed by atoms with E-state index in [0.29, 0.717) is 17.1 Å². The van der Waals surface area contributed by atoms with Crippen LogP contribution in [0.5, 0.6) is 0 Å². The van der Waals surface area contributed by atoms with Gasteiger partial charge in [-0.05, 0) is 54.3 Å². The van der Waals surface area contributed by atoms with Crippen LogP contribution >= 0.6 is 11.3 Å². The molecule has 0 unspecified atom stereocenters. The van der Waals surface area contributed by atoms with E-state index in [2.05, 4.69) is 15.7 Å². The van der Waals surface area contributed by atoms with E-state index in [1.807, 2.05) is 60.8 Å². The first-order valence-electron chi connectivity index (χ1n) is 9.41. The number of aromatic nitrogens is 2. The maximum absolute atomic E-state index is 13.2. The van der Waals surface area contributed by atoms with Gasteiger partial charge < -0.3 is 10.6 Å².